The number of hydrogen-bond acceptors (Lipinski definition) is 2. The van der Waals surface area contributed by atoms with Gasteiger partial charge in [-0.3, -0.25) is 4.79 Å². The van der Waals surface area contributed by atoms with Crippen molar-refractivity contribution in [3.63, 3.8) is 0 Å². The van der Waals surface area contributed by atoms with Crippen LogP contribution in [0.2, 0.25) is 0 Å². The van der Waals surface area contributed by atoms with E-state index in [1.54, 1.807) is 0 Å². The summed E-state index contributed by atoms with van der Waals surface area (Å²) in [4.78, 5) is 12.4. The molecule has 2 nitrogen and oxygen atoms in total. The molecule has 0 atom stereocenters. The molecule has 23 heavy (non-hydrogen) atoms. The zero-order valence-corrected chi connectivity index (χ0v) is 15.0. The number of carbonyl (C=O) groups excluding carboxylic acids is 1. The number of carbonyl (C=O) groups is 1. The first-order chi connectivity index (χ1) is 11.2. The van der Waals surface area contributed by atoms with Crippen LogP contribution >= 0.6 is 0 Å². The molecule has 0 bridgehead atoms. The average molecular weight is 319 g/mol. The summed E-state index contributed by atoms with van der Waals surface area (Å²) in [6.07, 6.45) is 20.3. The topological polar surface area (TPSA) is 26.3 Å². The van der Waals surface area contributed by atoms with Gasteiger partial charge in [0, 0.05) is 0 Å². The molecule has 2 rings (SSSR count). The van der Waals surface area contributed by atoms with Crippen molar-refractivity contribution in [2.75, 3.05) is 0 Å². The van der Waals surface area contributed by atoms with Crippen LogP contribution in [0.4, 0.5) is 0 Å². The van der Waals surface area contributed by atoms with Gasteiger partial charge in [0.2, 0.25) is 0 Å². The van der Waals surface area contributed by atoms with Crippen LogP contribution in [-0.2, 0) is 9.53 Å². The fourth-order valence-corrected chi connectivity index (χ4v) is 4.04. The van der Waals surface area contributed by atoms with Gasteiger partial charge in [-0.05, 0) is 89.9 Å². The van der Waals surface area contributed by atoms with Gasteiger partial charge in [0.15, 0.2) is 0 Å². The van der Waals surface area contributed by atoms with Crippen LogP contribution in [-0.4, -0.2) is 12.1 Å². The van der Waals surface area contributed by atoms with E-state index in [4.69, 9.17) is 4.74 Å². The second kappa shape index (κ2) is 9.95. The molecule has 2 heteroatoms. The lowest BCUT2D eigenvalue weighted by Crippen LogP contribution is -2.30. The van der Waals surface area contributed by atoms with Crippen LogP contribution < -0.4 is 0 Å². The molecule has 2 aliphatic rings. The predicted octanol–water partition coefficient (Wildman–Crippen LogP) is 5.83. The standard InChI is InChI=1S/C21H34O2/c1-3-5-7-17-9-13-19(14-10-17)21(22)23-20-15-11-18(12-16-20)8-6-4-2/h3-6,17-20H,7-16H2,1-2H3/b5-3+,6-4+. The van der Waals surface area contributed by atoms with Crippen molar-refractivity contribution >= 4 is 5.97 Å². The SMILES string of the molecule is C/C=C/CC1CCC(OC(=O)C2CCC(C/C=C/C)CC2)CC1. The molecule has 2 fully saturated rings. The number of rotatable bonds is 6. The summed E-state index contributed by atoms with van der Waals surface area (Å²) >= 11 is 0. The smallest absolute Gasteiger partial charge is 0.309 e. The van der Waals surface area contributed by atoms with Gasteiger partial charge >= 0.3 is 5.97 Å². The summed E-state index contributed by atoms with van der Waals surface area (Å²) < 4.78 is 5.83. The first-order valence-corrected chi connectivity index (χ1v) is 9.65. The van der Waals surface area contributed by atoms with Crippen LogP contribution in [0.15, 0.2) is 24.3 Å². The Balaban J connectivity index is 1.66. The zero-order chi connectivity index (χ0) is 16.5. The van der Waals surface area contributed by atoms with Crippen molar-refractivity contribution in [1.29, 1.82) is 0 Å². The van der Waals surface area contributed by atoms with Crippen molar-refractivity contribution in [3.05, 3.63) is 24.3 Å². The maximum atomic E-state index is 12.4. The fourth-order valence-electron chi connectivity index (χ4n) is 4.04. The predicted molar refractivity (Wildman–Crippen MR) is 96.1 cm³/mol. The van der Waals surface area contributed by atoms with Crippen molar-refractivity contribution in [2.24, 2.45) is 17.8 Å². The van der Waals surface area contributed by atoms with Crippen LogP contribution in [0.3, 0.4) is 0 Å². The van der Waals surface area contributed by atoms with Crippen molar-refractivity contribution in [3.8, 4) is 0 Å². The van der Waals surface area contributed by atoms with Crippen LogP contribution in [0, 0.1) is 17.8 Å². The Morgan fingerprint density at radius 1 is 0.826 bits per heavy atom. The molecule has 2 aliphatic carbocycles. The monoisotopic (exact) mass is 318 g/mol. The number of allylic oxidation sites excluding steroid dienone is 4. The van der Waals surface area contributed by atoms with Gasteiger partial charge < -0.3 is 4.74 Å². The lowest BCUT2D eigenvalue weighted by molar-refractivity contribution is -0.157. The Hall–Kier alpha value is -1.05. The minimum absolute atomic E-state index is 0.0892. The van der Waals surface area contributed by atoms with E-state index >= 15 is 0 Å². The molecule has 2 saturated carbocycles. The molecule has 0 amide bonds. The molecule has 0 heterocycles. The number of esters is 1. The van der Waals surface area contributed by atoms with E-state index in [-0.39, 0.29) is 18.0 Å². The number of hydrogen-bond donors (Lipinski definition) is 0. The maximum Gasteiger partial charge on any atom is 0.309 e. The second-order valence-electron chi connectivity index (χ2n) is 7.41. The molecule has 0 aromatic carbocycles. The van der Waals surface area contributed by atoms with Gasteiger partial charge in [0.25, 0.3) is 0 Å². The Kier molecular flexibility index (Phi) is 7.91. The molecule has 130 valence electrons. The van der Waals surface area contributed by atoms with Gasteiger partial charge in [-0.15, -0.1) is 0 Å². The van der Waals surface area contributed by atoms with E-state index in [0.717, 1.165) is 37.5 Å². The Morgan fingerprint density at radius 2 is 1.30 bits per heavy atom. The molecule has 0 aromatic rings. The van der Waals surface area contributed by atoms with E-state index < -0.39 is 0 Å². The highest BCUT2D eigenvalue weighted by Crippen LogP contribution is 2.34. The molecule has 0 spiro atoms. The van der Waals surface area contributed by atoms with Gasteiger partial charge in [-0.25, -0.2) is 0 Å². The second-order valence-corrected chi connectivity index (χ2v) is 7.41. The third kappa shape index (κ3) is 6.16. The van der Waals surface area contributed by atoms with Crippen LogP contribution in [0.1, 0.15) is 78.1 Å². The molecule has 0 aliphatic heterocycles. The quantitative estimate of drug-likeness (QED) is 0.455. The highest BCUT2D eigenvalue weighted by atomic mass is 16.5. The lowest BCUT2D eigenvalue weighted by atomic mass is 9.80. The average Bonchev–Trinajstić information content (AvgIpc) is 2.59. The largest absolute Gasteiger partial charge is 0.462 e. The molecule has 0 N–H and O–H groups in total. The van der Waals surface area contributed by atoms with E-state index in [1.165, 1.54) is 38.5 Å². The third-order valence-corrected chi connectivity index (χ3v) is 5.67. The number of ether oxygens (including phenoxy) is 1. The first kappa shape index (κ1) is 18.3. The highest BCUT2D eigenvalue weighted by Gasteiger charge is 2.30. The zero-order valence-electron chi connectivity index (χ0n) is 15.0. The van der Waals surface area contributed by atoms with Gasteiger partial charge in [0.05, 0.1) is 5.92 Å². The van der Waals surface area contributed by atoms with E-state index in [9.17, 15) is 4.79 Å². The molecule has 0 aromatic heterocycles. The maximum absolute atomic E-state index is 12.4. The van der Waals surface area contributed by atoms with Crippen molar-refractivity contribution in [1.82, 2.24) is 0 Å². The molecule has 0 unspecified atom stereocenters. The van der Waals surface area contributed by atoms with Crippen LogP contribution in [0.5, 0.6) is 0 Å². The third-order valence-electron chi connectivity index (χ3n) is 5.67. The van der Waals surface area contributed by atoms with Gasteiger partial charge in [-0.1, -0.05) is 24.3 Å². The van der Waals surface area contributed by atoms with E-state index in [1.807, 2.05) is 0 Å². The summed E-state index contributed by atoms with van der Waals surface area (Å²) in [7, 11) is 0. The van der Waals surface area contributed by atoms with Gasteiger partial charge in [0.1, 0.15) is 6.10 Å². The summed E-state index contributed by atoms with van der Waals surface area (Å²) in [5, 5.41) is 0. The Labute approximate surface area is 142 Å². The summed E-state index contributed by atoms with van der Waals surface area (Å²) in [6.45, 7) is 4.16. The molecule has 0 saturated heterocycles. The van der Waals surface area contributed by atoms with Crippen molar-refractivity contribution in [2.45, 2.75) is 84.2 Å². The van der Waals surface area contributed by atoms with Crippen LogP contribution in [0.25, 0.3) is 0 Å². The summed E-state index contributed by atoms with van der Waals surface area (Å²) in [6, 6.07) is 0. The molecule has 0 radical (unpaired) electrons. The summed E-state index contributed by atoms with van der Waals surface area (Å²) in [5.74, 6) is 1.82. The first-order valence-electron chi connectivity index (χ1n) is 9.65. The Morgan fingerprint density at radius 3 is 1.78 bits per heavy atom. The molecular formula is C21H34O2. The minimum Gasteiger partial charge on any atom is -0.462 e. The van der Waals surface area contributed by atoms with Crippen molar-refractivity contribution < 1.29 is 9.53 Å². The van der Waals surface area contributed by atoms with Gasteiger partial charge in [-0.2, -0.15) is 0 Å². The molecular weight excluding hydrogens is 284 g/mol. The van der Waals surface area contributed by atoms with E-state index in [2.05, 4.69) is 38.2 Å². The fraction of sp³-hybridized carbons (Fsp3) is 0.762. The van der Waals surface area contributed by atoms with E-state index in [0.29, 0.717) is 0 Å². The Bertz CT molecular complexity index is 394. The highest BCUT2D eigenvalue weighted by molar-refractivity contribution is 5.72. The lowest BCUT2D eigenvalue weighted by Gasteiger charge is -2.31. The minimum atomic E-state index is 0.0892. The normalized spacial score (nSPS) is 32.4. The summed E-state index contributed by atoms with van der Waals surface area (Å²) in [5.41, 5.74) is 0.